The van der Waals surface area contributed by atoms with Crippen LogP contribution >= 0.6 is 15.9 Å². The largest absolute Gasteiger partial charge is 0.369 e. The number of sulfone groups is 1. The van der Waals surface area contributed by atoms with Gasteiger partial charge in [0.1, 0.15) is 16.2 Å². The zero-order chi connectivity index (χ0) is 14.0. The molecule has 0 amide bonds. The predicted molar refractivity (Wildman–Crippen MR) is 79.1 cm³/mol. The maximum absolute atomic E-state index is 11.7. The first-order valence-corrected chi connectivity index (χ1v) is 8.89. The van der Waals surface area contributed by atoms with E-state index in [2.05, 4.69) is 31.2 Å². The van der Waals surface area contributed by atoms with Crippen molar-refractivity contribution in [2.45, 2.75) is 37.9 Å². The summed E-state index contributed by atoms with van der Waals surface area (Å²) < 4.78 is 24.2. The van der Waals surface area contributed by atoms with Crippen LogP contribution < -0.4 is 5.32 Å². The molecule has 0 bridgehead atoms. The Kier molecular flexibility index (Phi) is 4.45. The molecule has 1 unspecified atom stereocenters. The summed E-state index contributed by atoms with van der Waals surface area (Å²) in [5.41, 5.74) is 0. The average molecular weight is 348 g/mol. The van der Waals surface area contributed by atoms with Crippen molar-refractivity contribution in [2.75, 3.05) is 17.6 Å². The first-order valence-electron chi connectivity index (χ1n) is 6.38. The highest BCUT2D eigenvalue weighted by Gasteiger charge is 2.30. The Morgan fingerprint density at radius 2 is 2.21 bits per heavy atom. The number of aromatic nitrogens is 2. The standard InChI is InChI=1S/C12H18BrN3O2S/c1-8(2)12-15-10(13)6-11(16-12)14-7-9-4-3-5-19(9,17)18/h6,8-9H,3-5,7H2,1-2H3,(H,14,15,16). The van der Waals surface area contributed by atoms with E-state index in [0.717, 1.165) is 18.7 Å². The third-order valence-electron chi connectivity index (χ3n) is 3.20. The van der Waals surface area contributed by atoms with Crippen molar-refractivity contribution < 1.29 is 8.42 Å². The molecular weight excluding hydrogens is 330 g/mol. The summed E-state index contributed by atoms with van der Waals surface area (Å²) in [6.07, 6.45) is 1.50. The van der Waals surface area contributed by atoms with Gasteiger partial charge in [-0.1, -0.05) is 13.8 Å². The van der Waals surface area contributed by atoms with Crippen molar-refractivity contribution in [2.24, 2.45) is 0 Å². The van der Waals surface area contributed by atoms with Gasteiger partial charge in [-0.3, -0.25) is 0 Å². The molecule has 1 atom stereocenters. The Hall–Kier alpha value is -0.690. The van der Waals surface area contributed by atoms with Crippen LogP contribution in [0.5, 0.6) is 0 Å². The molecule has 0 aromatic carbocycles. The smallest absolute Gasteiger partial charge is 0.154 e. The first-order chi connectivity index (χ1) is 8.88. The fraction of sp³-hybridized carbons (Fsp3) is 0.667. The van der Waals surface area contributed by atoms with E-state index in [1.165, 1.54) is 0 Å². The molecule has 0 spiro atoms. The highest BCUT2D eigenvalue weighted by Crippen LogP contribution is 2.21. The van der Waals surface area contributed by atoms with Crippen LogP contribution in [0.4, 0.5) is 5.82 Å². The summed E-state index contributed by atoms with van der Waals surface area (Å²) in [4.78, 5) is 8.68. The molecule has 1 aliphatic rings. The van der Waals surface area contributed by atoms with Gasteiger partial charge in [0.25, 0.3) is 0 Å². The molecule has 106 valence electrons. The van der Waals surface area contributed by atoms with Crippen molar-refractivity contribution in [3.8, 4) is 0 Å². The van der Waals surface area contributed by atoms with E-state index in [-0.39, 0.29) is 11.2 Å². The Bertz CT molecular complexity index is 560. The minimum atomic E-state index is -2.91. The Morgan fingerprint density at radius 3 is 2.79 bits per heavy atom. The summed E-state index contributed by atoms with van der Waals surface area (Å²) in [6, 6.07) is 1.77. The molecule has 7 heteroatoms. The number of halogens is 1. The van der Waals surface area contributed by atoms with Gasteiger partial charge in [-0.2, -0.15) is 0 Å². The third kappa shape index (κ3) is 3.66. The van der Waals surface area contributed by atoms with Gasteiger partial charge in [-0.05, 0) is 28.8 Å². The van der Waals surface area contributed by atoms with Crippen LogP contribution in [-0.4, -0.2) is 35.9 Å². The highest BCUT2D eigenvalue weighted by molar-refractivity contribution is 9.10. The van der Waals surface area contributed by atoms with Crippen LogP contribution in [0.3, 0.4) is 0 Å². The number of hydrogen-bond acceptors (Lipinski definition) is 5. The number of anilines is 1. The monoisotopic (exact) mass is 347 g/mol. The molecular formula is C12H18BrN3O2S. The van der Waals surface area contributed by atoms with Gasteiger partial charge in [0.15, 0.2) is 9.84 Å². The number of hydrogen-bond donors (Lipinski definition) is 1. The normalized spacial score (nSPS) is 21.8. The number of rotatable bonds is 4. The lowest BCUT2D eigenvalue weighted by molar-refractivity contribution is 0.591. The Balaban J connectivity index is 2.07. The molecule has 1 aromatic rings. The van der Waals surface area contributed by atoms with E-state index in [9.17, 15) is 8.42 Å². The van der Waals surface area contributed by atoms with Gasteiger partial charge in [0.05, 0.1) is 11.0 Å². The second-order valence-corrected chi connectivity index (χ2v) is 8.31. The quantitative estimate of drug-likeness (QED) is 0.846. The van der Waals surface area contributed by atoms with Gasteiger partial charge in [0, 0.05) is 18.5 Å². The molecule has 1 aliphatic heterocycles. The van der Waals surface area contributed by atoms with Crippen LogP contribution in [-0.2, 0) is 9.84 Å². The lowest BCUT2D eigenvalue weighted by Crippen LogP contribution is -2.25. The maximum atomic E-state index is 11.7. The van der Waals surface area contributed by atoms with Gasteiger partial charge in [-0.25, -0.2) is 18.4 Å². The van der Waals surface area contributed by atoms with Crippen LogP contribution in [0, 0.1) is 0 Å². The summed E-state index contributed by atoms with van der Waals surface area (Å²) in [7, 11) is -2.91. The van der Waals surface area contributed by atoms with E-state index in [1.807, 2.05) is 13.8 Å². The second kappa shape index (κ2) is 5.75. The lowest BCUT2D eigenvalue weighted by atomic mass is 10.2. The van der Waals surface area contributed by atoms with E-state index in [0.29, 0.717) is 22.7 Å². The zero-order valence-electron chi connectivity index (χ0n) is 11.1. The fourth-order valence-electron chi connectivity index (χ4n) is 2.09. The van der Waals surface area contributed by atoms with Crippen molar-refractivity contribution in [1.82, 2.24) is 9.97 Å². The van der Waals surface area contributed by atoms with E-state index >= 15 is 0 Å². The van der Waals surface area contributed by atoms with Gasteiger partial charge in [0.2, 0.25) is 0 Å². The molecule has 0 aliphatic carbocycles. The maximum Gasteiger partial charge on any atom is 0.154 e. The van der Waals surface area contributed by atoms with Crippen LogP contribution in [0.2, 0.25) is 0 Å². The number of nitrogens with one attached hydrogen (secondary N) is 1. The van der Waals surface area contributed by atoms with Crippen molar-refractivity contribution in [3.05, 3.63) is 16.5 Å². The molecule has 2 heterocycles. The van der Waals surface area contributed by atoms with Gasteiger partial charge < -0.3 is 5.32 Å². The molecule has 1 fully saturated rings. The van der Waals surface area contributed by atoms with Crippen molar-refractivity contribution in [1.29, 1.82) is 0 Å². The second-order valence-electron chi connectivity index (χ2n) is 5.10. The predicted octanol–water partition coefficient (Wildman–Crippen LogP) is 2.35. The first kappa shape index (κ1) is 14.7. The molecule has 19 heavy (non-hydrogen) atoms. The molecule has 0 saturated carbocycles. The van der Waals surface area contributed by atoms with Gasteiger partial charge >= 0.3 is 0 Å². The summed E-state index contributed by atoms with van der Waals surface area (Å²) in [6.45, 7) is 4.46. The molecule has 1 aromatic heterocycles. The molecule has 0 radical (unpaired) electrons. The highest BCUT2D eigenvalue weighted by atomic mass is 79.9. The molecule has 1 N–H and O–H groups in total. The average Bonchev–Trinajstić information content (AvgIpc) is 2.65. The van der Waals surface area contributed by atoms with Crippen molar-refractivity contribution in [3.63, 3.8) is 0 Å². The summed E-state index contributed by atoms with van der Waals surface area (Å²) in [5.74, 6) is 1.96. The van der Waals surface area contributed by atoms with Crippen molar-refractivity contribution >= 4 is 31.6 Å². The van der Waals surface area contributed by atoms with E-state index in [4.69, 9.17) is 0 Å². The summed E-state index contributed by atoms with van der Waals surface area (Å²) in [5, 5.41) is 2.83. The fourth-order valence-corrected chi connectivity index (χ4v) is 4.25. The van der Waals surface area contributed by atoms with Gasteiger partial charge in [-0.15, -0.1) is 0 Å². The minimum absolute atomic E-state index is 0.230. The van der Waals surface area contributed by atoms with Crippen LogP contribution in [0.1, 0.15) is 38.4 Å². The molecule has 5 nitrogen and oxygen atoms in total. The van der Waals surface area contributed by atoms with E-state index in [1.54, 1.807) is 6.07 Å². The molecule has 2 rings (SSSR count). The topological polar surface area (TPSA) is 72.0 Å². The number of nitrogens with zero attached hydrogens (tertiary/aromatic N) is 2. The summed E-state index contributed by atoms with van der Waals surface area (Å²) >= 11 is 3.35. The Morgan fingerprint density at radius 1 is 1.47 bits per heavy atom. The van der Waals surface area contributed by atoms with Crippen LogP contribution in [0.15, 0.2) is 10.7 Å². The third-order valence-corrected chi connectivity index (χ3v) is 5.88. The van der Waals surface area contributed by atoms with Crippen LogP contribution in [0.25, 0.3) is 0 Å². The Labute approximate surface area is 122 Å². The minimum Gasteiger partial charge on any atom is -0.369 e. The van der Waals surface area contributed by atoms with E-state index < -0.39 is 9.84 Å². The lowest BCUT2D eigenvalue weighted by Gasteiger charge is -2.13. The SMILES string of the molecule is CC(C)c1nc(Br)cc(NCC2CCCS2(=O)=O)n1. The molecule has 1 saturated heterocycles. The zero-order valence-corrected chi connectivity index (χ0v) is 13.5.